The minimum absolute atomic E-state index is 0.174. The third kappa shape index (κ3) is 2.48. The van der Waals surface area contributed by atoms with E-state index in [-0.39, 0.29) is 5.56 Å². The molecule has 0 saturated heterocycles. The maximum absolute atomic E-state index is 11.0. The van der Waals surface area contributed by atoms with Crippen LogP contribution < -0.4 is 4.74 Å². The summed E-state index contributed by atoms with van der Waals surface area (Å²) in [6.45, 7) is 6.66. The van der Waals surface area contributed by atoms with E-state index in [1.54, 1.807) is 13.8 Å². The lowest BCUT2D eigenvalue weighted by molar-refractivity contribution is -0.129. The fourth-order valence-corrected chi connectivity index (χ4v) is 1.38. The lowest BCUT2D eigenvalue weighted by Gasteiger charge is -2.10. The quantitative estimate of drug-likeness (QED) is 0.481. The fourth-order valence-electron chi connectivity index (χ4n) is 1.38. The van der Waals surface area contributed by atoms with Gasteiger partial charge in [-0.3, -0.25) is 0 Å². The van der Waals surface area contributed by atoms with Crippen LogP contribution >= 0.6 is 0 Å². The molecule has 0 unspecified atom stereocenters. The first kappa shape index (κ1) is 12.0. The van der Waals surface area contributed by atoms with E-state index < -0.39 is 11.9 Å². The summed E-state index contributed by atoms with van der Waals surface area (Å²) in [5.74, 6) is -1.18. The molecule has 0 radical (unpaired) electrons. The van der Waals surface area contributed by atoms with Crippen molar-refractivity contribution < 1.29 is 19.4 Å². The number of rotatable bonds is 3. The predicted octanol–water partition coefficient (Wildman–Crippen LogP) is 2.09. The van der Waals surface area contributed by atoms with Gasteiger partial charge in [0.1, 0.15) is 5.75 Å². The van der Waals surface area contributed by atoms with Gasteiger partial charge in [0.15, 0.2) is 0 Å². The van der Waals surface area contributed by atoms with E-state index in [0.29, 0.717) is 16.9 Å². The topological polar surface area (TPSA) is 63.6 Å². The Morgan fingerprint density at radius 3 is 2.19 bits per heavy atom. The molecule has 1 rings (SSSR count). The van der Waals surface area contributed by atoms with Crippen molar-refractivity contribution in [2.24, 2.45) is 0 Å². The van der Waals surface area contributed by atoms with Gasteiger partial charge < -0.3 is 9.84 Å². The molecule has 0 fully saturated rings. The van der Waals surface area contributed by atoms with E-state index in [4.69, 9.17) is 9.84 Å². The SMILES string of the molecule is C=CC(=O)Oc1c(C)cc(C(=O)O)cc1C. The first-order valence-electron chi connectivity index (χ1n) is 4.64. The van der Waals surface area contributed by atoms with Gasteiger partial charge in [-0.2, -0.15) is 0 Å². The zero-order valence-corrected chi connectivity index (χ0v) is 9.11. The largest absolute Gasteiger partial charge is 0.478 e. The number of carboxylic acid groups (broad SMARTS) is 1. The first-order valence-corrected chi connectivity index (χ1v) is 4.64. The van der Waals surface area contributed by atoms with Crippen LogP contribution in [0.25, 0.3) is 0 Å². The van der Waals surface area contributed by atoms with Crippen LogP contribution in [0.2, 0.25) is 0 Å². The van der Waals surface area contributed by atoms with E-state index >= 15 is 0 Å². The first-order chi connectivity index (χ1) is 7.45. The van der Waals surface area contributed by atoms with Crippen LogP contribution in [0, 0.1) is 13.8 Å². The second kappa shape index (κ2) is 4.61. The standard InChI is InChI=1S/C12H12O4/c1-4-10(13)16-11-7(2)5-9(12(14)15)6-8(11)3/h4-6H,1H2,2-3H3,(H,14,15). The molecule has 1 aromatic rings. The highest BCUT2D eigenvalue weighted by atomic mass is 16.5. The molecule has 4 heteroatoms. The van der Waals surface area contributed by atoms with E-state index in [2.05, 4.69) is 6.58 Å². The number of esters is 1. The van der Waals surface area contributed by atoms with Gasteiger partial charge in [0.2, 0.25) is 0 Å². The zero-order chi connectivity index (χ0) is 12.3. The van der Waals surface area contributed by atoms with E-state index in [0.717, 1.165) is 6.08 Å². The summed E-state index contributed by atoms with van der Waals surface area (Å²) >= 11 is 0. The molecule has 1 N–H and O–H groups in total. The fraction of sp³-hybridized carbons (Fsp3) is 0.167. The molecule has 16 heavy (non-hydrogen) atoms. The second-order valence-corrected chi connectivity index (χ2v) is 3.37. The number of aromatic carboxylic acids is 1. The minimum atomic E-state index is -1.01. The summed E-state index contributed by atoms with van der Waals surface area (Å²) in [7, 11) is 0. The monoisotopic (exact) mass is 220 g/mol. The van der Waals surface area contributed by atoms with Gasteiger partial charge in [-0.05, 0) is 37.1 Å². The molecule has 0 saturated carbocycles. The van der Waals surface area contributed by atoms with Gasteiger partial charge in [0, 0.05) is 6.08 Å². The van der Waals surface area contributed by atoms with Gasteiger partial charge in [0.25, 0.3) is 0 Å². The van der Waals surface area contributed by atoms with Crippen LogP contribution in [0.1, 0.15) is 21.5 Å². The molecule has 0 aliphatic heterocycles. The van der Waals surface area contributed by atoms with Crippen molar-refractivity contribution >= 4 is 11.9 Å². The maximum Gasteiger partial charge on any atom is 0.335 e. The maximum atomic E-state index is 11.0. The van der Waals surface area contributed by atoms with Crippen molar-refractivity contribution in [3.8, 4) is 5.75 Å². The molecule has 0 amide bonds. The van der Waals surface area contributed by atoms with Crippen molar-refractivity contribution in [2.45, 2.75) is 13.8 Å². The lowest BCUT2D eigenvalue weighted by atomic mass is 10.1. The van der Waals surface area contributed by atoms with Crippen molar-refractivity contribution in [1.82, 2.24) is 0 Å². The molecule has 4 nitrogen and oxygen atoms in total. The van der Waals surface area contributed by atoms with Crippen LogP contribution in [0.15, 0.2) is 24.8 Å². The van der Waals surface area contributed by atoms with Gasteiger partial charge in [0.05, 0.1) is 5.56 Å². The van der Waals surface area contributed by atoms with Gasteiger partial charge >= 0.3 is 11.9 Å². The average Bonchev–Trinajstić information content (AvgIpc) is 2.22. The van der Waals surface area contributed by atoms with Crippen molar-refractivity contribution in [2.75, 3.05) is 0 Å². The van der Waals surface area contributed by atoms with Crippen LogP contribution in [0.4, 0.5) is 0 Å². The molecule has 0 heterocycles. The number of aryl methyl sites for hydroxylation is 2. The normalized spacial score (nSPS) is 9.62. The van der Waals surface area contributed by atoms with E-state index in [1.807, 2.05) is 0 Å². The van der Waals surface area contributed by atoms with Crippen molar-refractivity contribution in [1.29, 1.82) is 0 Å². The number of hydrogen-bond acceptors (Lipinski definition) is 3. The third-order valence-electron chi connectivity index (χ3n) is 2.08. The Kier molecular flexibility index (Phi) is 3.45. The zero-order valence-electron chi connectivity index (χ0n) is 9.11. The van der Waals surface area contributed by atoms with Gasteiger partial charge in [-0.25, -0.2) is 9.59 Å². The van der Waals surface area contributed by atoms with Crippen LogP contribution in [-0.4, -0.2) is 17.0 Å². The van der Waals surface area contributed by atoms with Gasteiger partial charge in [-0.15, -0.1) is 0 Å². The molecule has 0 aromatic heterocycles. The second-order valence-electron chi connectivity index (χ2n) is 3.37. The van der Waals surface area contributed by atoms with Crippen LogP contribution in [0.5, 0.6) is 5.75 Å². The number of carboxylic acids is 1. The highest BCUT2D eigenvalue weighted by molar-refractivity contribution is 5.89. The number of benzene rings is 1. The number of carbonyl (C=O) groups is 2. The van der Waals surface area contributed by atoms with Crippen LogP contribution in [0.3, 0.4) is 0 Å². The summed E-state index contributed by atoms with van der Waals surface area (Å²) in [4.78, 5) is 21.8. The van der Waals surface area contributed by atoms with Crippen LogP contribution in [-0.2, 0) is 4.79 Å². The predicted molar refractivity (Wildman–Crippen MR) is 58.7 cm³/mol. The van der Waals surface area contributed by atoms with Gasteiger partial charge in [-0.1, -0.05) is 6.58 Å². The Bertz CT molecular complexity index is 437. The van der Waals surface area contributed by atoms with Crippen molar-refractivity contribution in [3.63, 3.8) is 0 Å². The number of carbonyl (C=O) groups excluding carboxylic acids is 1. The summed E-state index contributed by atoms with van der Waals surface area (Å²) in [5.41, 5.74) is 1.38. The average molecular weight is 220 g/mol. The number of ether oxygens (including phenoxy) is 1. The Balaban J connectivity index is 3.17. The smallest absolute Gasteiger partial charge is 0.335 e. The Morgan fingerprint density at radius 1 is 1.31 bits per heavy atom. The Labute approximate surface area is 93.2 Å². The highest BCUT2D eigenvalue weighted by Crippen LogP contribution is 2.25. The molecular weight excluding hydrogens is 208 g/mol. The minimum Gasteiger partial charge on any atom is -0.478 e. The highest BCUT2D eigenvalue weighted by Gasteiger charge is 2.12. The summed E-state index contributed by atoms with van der Waals surface area (Å²) in [6, 6.07) is 2.92. The molecule has 0 bridgehead atoms. The molecular formula is C12H12O4. The summed E-state index contributed by atoms with van der Waals surface area (Å²) in [6.07, 6.45) is 1.06. The Hall–Kier alpha value is -2.10. The summed E-state index contributed by atoms with van der Waals surface area (Å²) < 4.78 is 5.01. The lowest BCUT2D eigenvalue weighted by Crippen LogP contribution is -2.07. The number of hydrogen-bond donors (Lipinski definition) is 1. The van der Waals surface area contributed by atoms with E-state index in [1.165, 1.54) is 12.1 Å². The molecule has 84 valence electrons. The molecule has 1 aromatic carbocycles. The molecule has 0 aliphatic rings. The molecule has 0 atom stereocenters. The Morgan fingerprint density at radius 2 is 1.81 bits per heavy atom. The van der Waals surface area contributed by atoms with Crippen molar-refractivity contribution in [3.05, 3.63) is 41.5 Å². The molecule has 0 aliphatic carbocycles. The van der Waals surface area contributed by atoms with E-state index in [9.17, 15) is 9.59 Å². The third-order valence-corrected chi connectivity index (χ3v) is 2.08. The summed E-state index contributed by atoms with van der Waals surface area (Å²) in [5, 5.41) is 8.83. The molecule has 0 spiro atoms.